The lowest BCUT2D eigenvalue weighted by Crippen LogP contribution is -2.37. The maximum atomic E-state index is 12.7. The highest BCUT2D eigenvalue weighted by Gasteiger charge is 2.36. The number of unbranched alkanes of at least 4 members (excludes halogenated alkanes) is 11. The highest BCUT2D eigenvalue weighted by Crippen LogP contribution is 2.43. The van der Waals surface area contributed by atoms with Crippen molar-refractivity contribution in [2.24, 2.45) is 0 Å². The third kappa shape index (κ3) is 35.3. The standard InChI is InChI=1S/C46H80NO9P/c1-6-8-10-12-14-15-16-17-18-19-20-21-22-23-24-28-33-37-46(49)55-42(41-54-57(50,51)53-39-38-47(3,4)5)40-52-45(48)36-32-29-25-27-31-35-44-43(56-44)34-30-26-13-11-9-7-2/h14-15,17-18,20-21,23-24,26,30,42-44H,6-13,16,19,22,25,27-29,31-41H2,1-5H3/p+1/b15-14-,18-17-,21-20-,24-23-,30-26-/t42-,43?,44?/m1/s1. The number of hydrogen-bond acceptors (Lipinski definition) is 8. The molecule has 1 aliphatic rings. The zero-order chi connectivity index (χ0) is 41.9. The highest BCUT2D eigenvalue weighted by molar-refractivity contribution is 7.47. The number of epoxide rings is 1. The quantitative estimate of drug-likeness (QED) is 0.0162. The highest BCUT2D eigenvalue weighted by atomic mass is 31.2. The molecular weight excluding hydrogens is 741 g/mol. The molecule has 0 saturated carbocycles. The van der Waals surface area contributed by atoms with Gasteiger partial charge in [-0.05, 0) is 77.0 Å². The van der Waals surface area contributed by atoms with Gasteiger partial charge >= 0.3 is 19.8 Å². The molecule has 11 heteroatoms. The molecule has 1 heterocycles. The van der Waals surface area contributed by atoms with E-state index < -0.39 is 32.5 Å². The first-order valence-corrected chi connectivity index (χ1v) is 23.6. The Kier molecular flexibility index (Phi) is 31.9. The van der Waals surface area contributed by atoms with Crippen molar-refractivity contribution >= 4 is 19.8 Å². The number of esters is 2. The number of nitrogens with zero attached hydrogens (tertiary/aromatic N) is 1. The molecule has 10 nitrogen and oxygen atoms in total. The van der Waals surface area contributed by atoms with E-state index in [9.17, 15) is 19.0 Å². The van der Waals surface area contributed by atoms with E-state index in [1.807, 2.05) is 27.2 Å². The summed E-state index contributed by atoms with van der Waals surface area (Å²) in [7, 11) is 1.42. The van der Waals surface area contributed by atoms with E-state index in [1.165, 1.54) is 44.9 Å². The van der Waals surface area contributed by atoms with Crippen LogP contribution < -0.4 is 0 Å². The molecule has 4 atom stereocenters. The van der Waals surface area contributed by atoms with Crippen LogP contribution in [-0.2, 0) is 37.4 Å². The van der Waals surface area contributed by atoms with Gasteiger partial charge < -0.3 is 23.6 Å². The second kappa shape index (κ2) is 34.5. The van der Waals surface area contributed by atoms with E-state index in [0.29, 0.717) is 42.5 Å². The Hall–Kier alpha value is -2.33. The number of rotatable bonds is 38. The topological polar surface area (TPSA) is 121 Å². The zero-order valence-corrected chi connectivity index (χ0v) is 37.4. The van der Waals surface area contributed by atoms with Gasteiger partial charge in [-0.1, -0.05) is 126 Å². The SMILES string of the molecule is CCCCC/C=C\C/C=C\C/C=C\C/C=C\CCCC(=O)O[C@H](COC(=O)CCCCCCCC1OC1C/C=C\CCCCC)COP(=O)(O)OCC[N+](C)(C)C. The number of allylic oxidation sites excluding steroid dienone is 9. The Morgan fingerprint density at radius 3 is 1.81 bits per heavy atom. The predicted octanol–water partition coefficient (Wildman–Crippen LogP) is 11.5. The maximum absolute atomic E-state index is 12.7. The van der Waals surface area contributed by atoms with Crippen LogP contribution in [0, 0.1) is 0 Å². The Morgan fingerprint density at radius 1 is 0.649 bits per heavy atom. The molecule has 0 aromatic heterocycles. The van der Waals surface area contributed by atoms with Crippen molar-refractivity contribution in [2.45, 2.75) is 173 Å². The van der Waals surface area contributed by atoms with Crippen LogP contribution >= 0.6 is 7.82 Å². The van der Waals surface area contributed by atoms with Gasteiger partial charge in [-0.15, -0.1) is 0 Å². The van der Waals surface area contributed by atoms with Crippen molar-refractivity contribution in [1.29, 1.82) is 0 Å². The van der Waals surface area contributed by atoms with Crippen molar-refractivity contribution < 1.29 is 46.8 Å². The van der Waals surface area contributed by atoms with Gasteiger partial charge in [0, 0.05) is 12.8 Å². The van der Waals surface area contributed by atoms with E-state index in [-0.39, 0.29) is 26.1 Å². The summed E-state index contributed by atoms with van der Waals surface area (Å²) >= 11 is 0. The number of likely N-dealkylation sites (N-methyl/N-ethyl adjacent to an activating group) is 1. The summed E-state index contributed by atoms with van der Waals surface area (Å²) in [6.45, 7) is 4.25. The lowest BCUT2D eigenvalue weighted by atomic mass is 10.1. The van der Waals surface area contributed by atoms with E-state index >= 15 is 0 Å². The molecule has 1 fully saturated rings. The Balaban J connectivity index is 2.34. The average Bonchev–Trinajstić information content (AvgIpc) is 3.92. The minimum Gasteiger partial charge on any atom is -0.462 e. The number of ether oxygens (including phenoxy) is 3. The lowest BCUT2D eigenvalue weighted by molar-refractivity contribution is -0.870. The molecule has 3 unspecified atom stereocenters. The van der Waals surface area contributed by atoms with Crippen molar-refractivity contribution in [3.8, 4) is 0 Å². The summed E-state index contributed by atoms with van der Waals surface area (Å²) in [5, 5.41) is 0. The van der Waals surface area contributed by atoms with Gasteiger partial charge in [-0.25, -0.2) is 4.57 Å². The van der Waals surface area contributed by atoms with Gasteiger partial charge in [0.05, 0.1) is 40.0 Å². The summed E-state index contributed by atoms with van der Waals surface area (Å²) in [5.41, 5.74) is 0. The monoisotopic (exact) mass is 823 g/mol. The number of phosphoric ester groups is 1. The van der Waals surface area contributed by atoms with Crippen LogP contribution in [0.5, 0.6) is 0 Å². The number of hydrogen-bond donors (Lipinski definition) is 1. The molecule has 57 heavy (non-hydrogen) atoms. The van der Waals surface area contributed by atoms with Crippen molar-refractivity contribution in [3.63, 3.8) is 0 Å². The van der Waals surface area contributed by atoms with E-state index in [1.54, 1.807) is 0 Å². The van der Waals surface area contributed by atoms with Crippen molar-refractivity contribution in [1.82, 2.24) is 0 Å². The van der Waals surface area contributed by atoms with E-state index in [2.05, 4.69) is 68.5 Å². The third-order valence-electron chi connectivity index (χ3n) is 9.44. The molecule has 328 valence electrons. The van der Waals surface area contributed by atoms with Crippen LogP contribution in [0.2, 0.25) is 0 Å². The fraction of sp³-hybridized carbons (Fsp3) is 0.739. The fourth-order valence-corrected chi connectivity index (χ4v) is 6.58. The minimum absolute atomic E-state index is 0.0138. The van der Waals surface area contributed by atoms with Gasteiger partial charge in [0.15, 0.2) is 6.10 Å². The summed E-state index contributed by atoms with van der Waals surface area (Å²) in [4.78, 5) is 35.4. The smallest absolute Gasteiger partial charge is 0.462 e. The number of carbonyl (C=O) groups excluding carboxylic acids is 2. The molecular formula is C46H81NO9P+. The Morgan fingerprint density at radius 2 is 1.19 bits per heavy atom. The second-order valence-electron chi connectivity index (χ2n) is 16.1. The average molecular weight is 823 g/mol. The number of quaternary nitrogens is 1. The van der Waals surface area contributed by atoms with Crippen LogP contribution in [0.1, 0.15) is 155 Å². The summed E-state index contributed by atoms with van der Waals surface area (Å²) < 4.78 is 40.0. The van der Waals surface area contributed by atoms with E-state index in [4.69, 9.17) is 23.3 Å². The maximum Gasteiger partial charge on any atom is 0.472 e. The normalized spacial score (nSPS) is 17.7. The molecule has 0 amide bonds. The minimum atomic E-state index is -4.40. The number of phosphoric acid groups is 1. The molecule has 0 spiro atoms. The molecule has 1 saturated heterocycles. The largest absolute Gasteiger partial charge is 0.472 e. The van der Waals surface area contributed by atoms with E-state index in [0.717, 1.165) is 64.2 Å². The first kappa shape index (κ1) is 52.7. The summed E-state index contributed by atoms with van der Waals surface area (Å²) in [6.07, 6.45) is 42.9. The van der Waals surface area contributed by atoms with Crippen molar-refractivity contribution in [3.05, 3.63) is 60.8 Å². The Labute approximate surface area is 347 Å². The van der Waals surface area contributed by atoms with Crippen LogP contribution in [-0.4, -0.2) is 87.1 Å². The van der Waals surface area contributed by atoms with Crippen LogP contribution in [0.4, 0.5) is 0 Å². The summed E-state index contributed by atoms with van der Waals surface area (Å²) in [5.74, 6) is -0.893. The molecule has 1 N–H and O–H groups in total. The van der Waals surface area contributed by atoms with Crippen LogP contribution in [0.15, 0.2) is 60.8 Å². The molecule has 0 aromatic rings. The molecule has 1 rings (SSSR count). The second-order valence-corrected chi connectivity index (χ2v) is 17.6. The van der Waals surface area contributed by atoms with Gasteiger partial charge in [-0.3, -0.25) is 18.6 Å². The third-order valence-corrected chi connectivity index (χ3v) is 10.4. The summed E-state index contributed by atoms with van der Waals surface area (Å²) in [6, 6.07) is 0. The van der Waals surface area contributed by atoms with Gasteiger partial charge in [0.1, 0.15) is 19.8 Å². The van der Waals surface area contributed by atoms with Gasteiger partial charge in [-0.2, -0.15) is 0 Å². The zero-order valence-electron chi connectivity index (χ0n) is 36.5. The molecule has 1 aliphatic heterocycles. The molecule has 0 bridgehead atoms. The first-order chi connectivity index (χ1) is 27.5. The molecule has 0 radical (unpaired) electrons. The molecule has 0 aliphatic carbocycles. The number of carbonyl (C=O) groups is 2. The first-order valence-electron chi connectivity index (χ1n) is 22.1. The van der Waals surface area contributed by atoms with Crippen molar-refractivity contribution in [2.75, 3.05) is 47.5 Å². The predicted molar refractivity (Wildman–Crippen MR) is 233 cm³/mol. The van der Waals surface area contributed by atoms with Gasteiger partial charge in [0.2, 0.25) is 0 Å². The lowest BCUT2D eigenvalue weighted by Gasteiger charge is -2.24. The Bertz CT molecular complexity index is 1220. The molecule has 0 aromatic carbocycles. The van der Waals surface area contributed by atoms with Crippen LogP contribution in [0.25, 0.3) is 0 Å². The van der Waals surface area contributed by atoms with Crippen LogP contribution in [0.3, 0.4) is 0 Å². The fourth-order valence-electron chi connectivity index (χ4n) is 5.83. The van der Waals surface area contributed by atoms with Gasteiger partial charge in [0.25, 0.3) is 0 Å².